The molecule has 5 heteroatoms. The number of nitrogens with zero attached hydrogens (tertiary/aromatic N) is 1. The summed E-state index contributed by atoms with van der Waals surface area (Å²) < 4.78 is 0. The molecule has 4 nitrogen and oxygen atoms in total. The quantitative estimate of drug-likeness (QED) is 0.613. The molecule has 0 amide bonds. The Morgan fingerprint density at radius 3 is 1.50 bits per heavy atom. The largest absolute Gasteiger partial charge is 0.631 e. The molecular formula is C11H20BNO3. The molecular weight excluding hydrogens is 205 g/mol. The molecule has 1 rings (SSSR count). The van der Waals surface area contributed by atoms with Crippen molar-refractivity contribution in [1.82, 2.24) is 0 Å². The molecule has 1 aromatic carbocycles. The predicted octanol–water partition coefficient (Wildman–Crippen LogP) is 0.626. The van der Waals surface area contributed by atoms with Crippen molar-refractivity contribution in [3.63, 3.8) is 0 Å². The summed E-state index contributed by atoms with van der Waals surface area (Å²) in [5.74, 6) is 0. The zero-order valence-corrected chi connectivity index (χ0v) is 10.5. The van der Waals surface area contributed by atoms with Crippen molar-refractivity contribution in [3.05, 3.63) is 28.8 Å². The van der Waals surface area contributed by atoms with Gasteiger partial charge in [-0.2, -0.15) is 0 Å². The Kier molecular flexibility index (Phi) is 6.10. The topological polar surface area (TPSA) is 63.9 Å². The number of aryl methyl sites for hydroxylation is 3. The first-order chi connectivity index (χ1) is 7.25. The minimum atomic E-state index is -2.17. The lowest BCUT2D eigenvalue weighted by atomic mass is 10.0. The van der Waals surface area contributed by atoms with Crippen LogP contribution in [0.3, 0.4) is 0 Å². The van der Waals surface area contributed by atoms with Gasteiger partial charge in [-0.1, -0.05) is 17.7 Å². The maximum atomic E-state index is 7.17. The molecule has 0 atom stereocenters. The van der Waals surface area contributed by atoms with Crippen molar-refractivity contribution >= 4 is 13.0 Å². The van der Waals surface area contributed by atoms with Crippen LogP contribution in [-0.2, 0) is 0 Å². The Labute approximate surface area is 97.3 Å². The van der Waals surface area contributed by atoms with Gasteiger partial charge < -0.3 is 20.0 Å². The number of hydrogen-bond acceptors (Lipinski definition) is 4. The van der Waals surface area contributed by atoms with Crippen molar-refractivity contribution in [2.45, 2.75) is 20.8 Å². The van der Waals surface area contributed by atoms with E-state index in [0.717, 1.165) is 0 Å². The maximum absolute atomic E-state index is 7.17. The van der Waals surface area contributed by atoms with E-state index in [0.29, 0.717) is 0 Å². The third kappa shape index (κ3) is 5.16. The monoisotopic (exact) mass is 225 g/mol. The summed E-state index contributed by atoms with van der Waals surface area (Å²) in [5, 5.41) is 21.5. The van der Waals surface area contributed by atoms with E-state index in [2.05, 4.69) is 51.9 Å². The Balaban J connectivity index is 0.000000487. The van der Waals surface area contributed by atoms with Crippen LogP contribution in [0.4, 0.5) is 5.69 Å². The predicted molar refractivity (Wildman–Crippen MR) is 67.4 cm³/mol. The van der Waals surface area contributed by atoms with E-state index in [4.69, 9.17) is 15.1 Å². The highest BCUT2D eigenvalue weighted by Crippen LogP contribution is 2.23. The molecule has 1 aromatic rings. The van der Waals surface area contributed by atoms with Crippen molar-refractivity contribution < 1.29 is 15.1 Å². The smallest absolute Gasteiger partial charge is 0.402 e. The van der Waals surface area contributed by atoms with Crippen LogP contribution in [0.2, 0.25) is 0 Å². The average Bonchev–Trinajstić information content (AvgIpc) is 1.98. The molecule has 90 valence electrons. The summed E-state index contributed by atoms with van der Waals surface area (Å²) in [7, 11) is 2.01. The SMILES string of the molecule is Cc1cc(C)c(N(C)C)c(C)c1.OB(O)O. The fourth-order valence-corrected chi connectivity index (χ4v) is 1.88. The van der Waals surface area contributed by atoms with Gasteiger partial charge in [0.1, 0.15) is 0 Å². The van der Waals surface area contributed by atoms with E-state index in [1.54, 1.807) is 0 Å². The molecule has 0 fully saturated rings. The van der Waals surface area contributed by atoms with Gasteiger partial charge in [-0.05, 0) is 31.9 Å². The fourth-order valence-electron chi connectivity index (χ4n) is 1.88. The van der Waals surface area contributed by atoms with Gasteiger partial charge >= 0.3 is 7.32 Å². The molecule has 0 saturated carbocycles. The molecule has 0 saturated heterocycles. The van der Waals surface area contributed by atoms with E-state index < -0.39 is 7.32 Å². The van der Waals surface area contributed by atoms with Gasteiger partial charge in [0, 0.05) is 19.8 Å². The number of benzene rings is 1. The fraction of sp³-hybridized carbons (Fsp3) is 0.455. The normalized spacial score (nSPS) is 9.25. The van der Waals surface area contributed by atoms with Gasteiger partial charge in [0.2, 0.25) is 0 Å². The Morgan fingerprint density at radius 1 is 0.938 bits per heavy atom. The van der Waals surface area contributed by atoms with E-state index >= 15 is 0 Å². The lowest BCUT2D eigenvalue weighted by Gasteiger charge is -2.19. The van der Waals surface area contributed by atoms with Crippen LogP contribution >= 0.6 is 0 Å². The van der Waals surface area contributed by atoms with E-state index in [9.17, 15) is 0 Å². The van der Waals surface area contributed by atoms with Gasteiger partial charge in [0.25, 0.3) is 0 Å². The van der Waals surface area contributed by atoms with Crippen LogP contribution in [0.5, 0.6) is 0 Å². The van der Waals surface area contributed by atoms with Gasteiger partial charge in [0.05, 0.1) is 0 Å². The summed E-state index contributed by atoms with van der Waals surface area (Å²) in [5.41, 5.74) is 5.41. The van der Waals surface area contributed by atoms with Crippen LogP contribution in [-0.4, -0.2) is 36.5 Å². The number of rotatable bonds is 1. The minimum Gasteiger partial charge on any atom is -0.402 e. The number of hydrogen-bond donors (Lipinski definition) is 3. The van der Waals surface area contributed by atoms with Crippen LogP contribution in [0, 0.1) is 20.8 Å². The second-order valence-corrected chi connectivity index (χ2v) is 3.99. The van der Waals surface area contributed by atoms with Crippen LogP contribution < -0.4 is 4.90 Å². The molecule has 0 aliphatic carbocycles. The zero-order valence-electron chi connectivity index (χ0n) is 10.5. The van der Waals surface area contributed by atoms with Crippen molar-refractivity contribution in [3.8, 4) is 0 Å². The molecule has 0 aromatic heterocycles. The highest BCUT2D eigenvalue weighted by atomic mass is 16.5. The van der Waals surface area contributed by atoms with Crippen molar-refractivity contribution in [2.75, 3.05) is 19.0 Å². The zero-order chi connectivity index (χ0) is 12.9. The van der Waals surface area contributed by atoms with Crippen LogP contribution in [0.15, 0.2) is 12.1 Å². The first kappa shape index (κ1) is 15.0. The summed E-state index contributed by atoms with van der Waals surface area (Å²) in [4.78, 5) is 2.17. The molecule has 3 N–H and O–H groups in total. The third-order valence-electron chi connectivity index (χ3n) is 2.08. The second-order valence-electron chi connectivity index (χ2n) is 3.99. The highest BCUT2D eigenvalue weighted by molar-refractivity contribution is 6.30. The van der Waals surface area contributed by atoms with E-state index in [1.807, 2.05) is 0 Å². The van der Waals surface area contributed by atoms with Crippen LogP contribution in [0.1, 0.15) is 16.7 Å². The molecule has 16 heavy (non-hydrogen) atoms. The minimum absolute atomic E-state index is 1.34. The summed E-state index contributed by atoms with van der Waals surface area (Å²) >= 11 is 0. The summed E-state index contributed by atoms with van der Waals surface area (Å²) in [6.45, 7) is 6.46. The number of anilines is 1. The van der Waals surface area contributed by atoms with Crippen LogP contribution in [0.25, 0.3) is 0 Å². The first-order valence-corrected chi connectivity index (χ1v) is 5.05. The average molecular weight is 225 g/mol. The highest BCUT2D eigenvalue weighted by Gasteiger charge is 2.04. The standard InChI is InChI=1S/C11H17N.BH3O3/c1-8-6-9(2)11(12(4)5)10(3)7-8;2-1(3)4/h6-7H,1-5H3;2-4H. The van der Waals surface area contributed by atoms with Gasteiger partial charge in [-0.15, -0.1) is 0 Å². The third-order valence-corrected chi connectivity index (χ3v) is 2.08. The summed E-state index contributed by atoms with van der Waals surface area (Å²) in [6.07, 6.45) is 0. The first-order valence-electron chi connectivity index (χ1n) is 5.05. The Hall–Kier alpha value is -1.04. The van der Waals surface area contributed by atoms with E-state index in [1.165, 1.54) is 22.4 Å². The molecule has 0 aliphatic heterocycles. The van der Waals surface area contributed by atoms with Crippen molar-refractivity contribution in [1.29, 1.82) is 0 Å². The second kappa shape index (κ2) is 6.53. The van der Waals surface area contributed by atoms with Gasteiger partial charge in [-0.3, -0.25) is 0 Å². The lowest BCUT2D eigenvalue weighted by molar-refractivity contribution is 0.278. The molecule has 0 aliphatic rings. The molecule has 0 unspecified atom stereocenters. The summed E-state index contributed by atoms with van der Waals surface area (Å²) in [6, 6.07) is 4.45. The Bertz CT molecular complexity index is 314. The van der Waals surface area contributed by atoms with Gasteiger partial charge in [-0.25, -0.2) is 0 Å². The molecule has 0 spiro atoms. The molecule has 0 bridgehead atoms. The molecule has 0 radical (unpaired) electrons. The van der Waals surface area contributed by atoms with Gasteiger partial charge in [0.15, 0.2) is 0 Å². The Morgan fingerprint density at radius 2 is 1.25 bits per heavy atom. The lowest BCUT2D eigenvalue weighted by Crippen LogP contribution is -2.12. The van der Waals surface area contributed by atoms with E-state index in [-0.39, 0.29) is 0 Å². The molecule has 0 heterocycles. The maximum Gasteiger partial charge on any atom is 0.631 e. The van der Waals surface area contributed by atoms with Crippen molar-refractivity contribution in [2.24, 2.45) is 0 Å².